The Kier molecular flexibility index (Phi) is 8.87. The number of hydrogen-bond donors (Lipinski definition) is 0. The summed E-state index contributed by atoms with van der Waals surface area (Å²) in [5.74, 6) is 1.10. The minimum absolute atomic E-state index is 0.112. The fraction of sp³-hybridized carbons (Fsp3) is 0.300. The molecule has 5 rings (SSSR count). The molecule has 0 unspecified atom stereocenters. The van der Waals surface area contributed by atoms with Gasteiger partial charge in [-0.05, 0) is 53.9 Å². The average Bonchev–Trinajstić information content (AvgIpc) is 3.24. The Balaban J connectivity index is 1.21. The molecule has 3 aromatic rings. The van der Waals surface area contributed by atoms with Gasteiger partial charge in [0.2, 0.25) is 0 Å². The van der Waals surface area contributed by atoms with Crippen LogP contribution in [0.4, 0.5) is 4.79 Å². The van der Waals surface area contributed by atoms with E-state index in [1.807, 2.05) is 49.4 Å². The van der Waals surface area contributed by atoms with E-state index in [1.165, 1.54) is 4.90 Å². The van der Waals surface area contributed by atoms with Gasteiger partial charge in [0.05, 0.1) is 31.3 Å². The molecular formula is C30H30N2O7S. The number of benzene rings is 3. The number of thioether (sulfide) groups is 1. The van der Waals surface area contributed by atoms with Crippen molar-refractivity contribution in [2.75, 3.05) is 52.7 Å². The van der Waals surface area contributed by atoms with Crippen LogP contribution in [0, 0.1) is 0 Å². The fourth-order valence-corrected chi connectivity index (χ4v) is 5.32. The highest BCUT2D eigenvalue weighted by atomic mass is 32.2. The van der Waals surface area contributed by atoms with Crippen LogP contribution in [0.15, 0.2) is 65.6 Å². The number of nitrogens with zero attached hydrogens (tertiary/aromatic N) is 2. The summed E-state index contributed by atoms with van der Waals surface area (Å²) in [4.78, 5) is 41.3. The van der Waals surface area contributed by atoms with Gasteiger partial charge in [0.1, 0.15) is 12.4 Å². The summed E-state index contributed by atoms with van der Waals surface area (Å²) in [6, 6.07) is 18.9. The molecule has 10 heteroatoms. The highest BCUT2D eigenvalue weighted by Gasteiger charge is 2.35. The Morgan fingerprint density at radius 2 is 1.75 bits per heavy atom. The van der Waals surface area contributed by atoms with Crippen LogP contribution in [0.5, 0.6) is 17.2 Å². The Labute approximate surface area is 236 Å². The smallest absolute Gasteiger partial charge is 0.293 e. The van der Waals surface area contributed by atoms with E-state index in [9.17, 15) is 14.4 Å². The second kappa shape index (κ2) is 12.9. The van der Waals surface area contributed by atoms with Crippen LogP contribution in [-0.4, -0.2) is 79.5 Å². The number of carbonyl (C=O) groups is 3. The molecule has 3 amide bonds. The van der Waals surface area contributed by atoms with Gasteiger partial charge in [-0.15, -0.1) is 0 Å². The van der Waals surface area contributed by atoms with E-state index in [4.69, 9.17) is 18.9 Å². The monoisotopic (exact) mass is 562 g/mol. The summed E-state index contributed by atoms with van der Waals surface area (Å²) >= 11 is 0.889. The topological polar surface area (TPSA) is 94.6 Å². The van der Waals surface area contributed by atoms with Crippen LogP contribution < -0.4 is 14.2 Å². The van der Waals surface area contributed by atoms with Crippen LogP contribution in [0.1, 0.15) is 12.5 Å². The number of rotatable bonds is 10. The minimum Gasteiger partial charge on any atom is -0.491 e. The summed E-state index contributed by atoms with van der Waals surface area (Å²) in [6.07, 6.45) is 1.65. The zero-order valence-electron chi connectivity index (χ0n) is 22.2. The zero-order valence-corrected chi connectivity index (χ0v) is 23.0. The van der Waals surface area contributed by atoms with Gasteiger partial charge < -0.3 is 23.8 Å². The fourth-order valence-electron chi connectivity index (χ4n) is 4.46. The molecule has 0 aliphatic carbocycles. The molecule has 2 heterocycles. The van der Waals surface area contributed by atoms with Gasteiger partial charge >= 0.3 is 0 Å². The van der Waals surface area contributed by atoms with Crippen LogP contribution in [0.25, 0.3) is 16.8 Å². The lowest BCUT2D eigenvalue weighted by Gasteiger charge is -2.26. The number of ether oxygens (including phenoxy) is 4. The number of fused-ring (bicyclic) bond motifs is 1. The second-order valence-electron chi connectivity index (χ2n) is 9.08. The van der Waals surface area contributed by atoms with E-state index in [0.29, 0.717) is 60.6 Å². The molecule has 0 aromatic heterocycles. The largest absolute Gasteiger partial charge is 0.491 e. The van der Waals surface area contributed by atoms with Crippen molar-refractivity contribution in [2.45, 2.75) is 6.92 Å². The predicted molar refractivity (Wildman–Crippen MR) is 153 cm³/mol. The third-order valence-electron chi connectivity index (χ3n) is 6.48. The van der Waals surface area contributed by atoms with Crippen molar-refractivity contribution in [3.8, 4) is 17.2 Å². The van der Waals surface area contributed by atoms with Gasteiger partial charge in [-0.25, -0.2) is 0 Å². The molecule has 208 valence electrons. The Morgan fingerprint density at radius 3 is 2.58 bits per heavy atom. The first-order chi connectivity index (χ1) is 19.5. The predicted octanol–water partition coefficient (Wildman–Crippen LogP) is 4.59. The average molecular weight is 563 g/mol. The molecule has 0 radical (unpaired) electrons. The quantitative estimate of drug-likeness (QED) is 0.331. The van der Waals surface area contributed by atoms with Crippen molar-refractivity contribution in [1.29, 1.82) is 0 Å². The minimum atomic E-state index is -0.370. The van der Waals surface area contributed by atoms with Crippen molar-refractivity contribution < 1.29 is 33.3 Å². The first kappa shape index (κ1) is 27.5. The first-order valence-electron chi connectivity index (χ1n) is 13.1. The Hall–Kier alpha value is -4.02. The van der Waals surface area contributed by atoms with Crippen molar-refractivity contribution in [1.82, 2.24) is 9.80 Å². The lowest BCUT2D eigenvalue weighted by Crippen LogP contribution is -2.43. The molecule has 0 atom stereocenters. The molecule has 0 N–H and O–H groups in total. The van der Waals surface area contributed by atoms with Crippen molar-refractivity contribution in [2.24, 2.45) is 0 Å². The van der Waals surface area contributed by atoms with Crippen molar-refractivity contribution >= 4 is 45.7 Å². The van der Waals surface area contributed by atoms with Gasteiger partial charge in [0.15, 0.2) is 18.1 Å². The number of imide groups is 1. The zero-order chi connectivity index (χ0) is 27.9. The van der Waals surface area contributed by atoms with Crippen LogP contribution in [-0.2, 0) is 14.3 Å². The van der Waals surface area contributed by atoms with Gasteiger partial charge in [0.25, 0.3) is 17.1 Å². The summed E-state index contributed by atoms with van der Waals surface area (Å²) in [6.45, 7) is 4.58. The molecule has 0 saturated carbocycles. The van der Waals surface area contributed by atoms with E-state index in [0.717, 1.165) is 22.5 Å². The maximum atomic E-state index is 13.0. The lowest BCUT2D eigenvalue weighted by molar-refractivity contribution is -0.137. The van der Waals surface area contributed by atoms with Crippen molar-refractivity contribution in [3.05, 3.63) is 71.1 Å². The SMILES string of the molecule is CCOc1cc(/C=C2\SC(=O)N(CCOc3cccc4ccccc34)C2=O)ccc1OCC(=O)N1CCOCC1. The standard InChI is InChI=1S/C30H30N2O7S/c1-2-37-26-18-21(10-11-25(26)39-20-28(33)31-12-15-36-16-13-31)19-27-29(34)32(30(35)40-27)14-17-38-24-9-5-7-22-6-3-4-8-23(22)24/h3-11,18-19H,2,12-17,20H2,1H3/b27-19-. The second-order valence-corrected chi connectivity index (χ2v) is 10.1. The van der Waals surface area contributed by atoms with E-state index in [2.05, 4.69) is 0 Å². The molecule has 0 spiro atoms. The summed E-state index contributed by atoms with van der Waals surface area (Å²) in [5, 5.41) is 1.69. The van der Waals surface area contributed by atoms with Gasteiger partial charge in [-0.3, -0.25) is 19.3 Å². The molecule has 2 saturated heterocycles. The van der Waals surface area contributed by atoms with Gasteiger partial charge in [-0.2, -0.15) is 0 Å². The summed E-state index contributed by atoms with van der Waals surface area (Å²) in [5.41, 5.74) is 0.674. The molecule has 9 nitrogen and oxygen atoms in total. The Bertz CT molecular complexity index is 1430. The van der Waals surface area contributed by atoms with Gasteiger partial charge in [-0.1, -0.05) is 42.5 Å². The molecule has 2 aliphatic rings. The number of morpholine rings is 1. The molecule has 2 aliphatic heterocycles. The highest BCUT2D eigenvalue weighted by Crippen LogP contribution is 2.35. The normalized spacial score (nSPS) is 16.6. The van der Waals surface area contributed by atoms with Crippen LogP contribution >= 0.6 is 11.8 Å². The molecule has 40 heavy (non-hydrogen) atoms. The number of carbonyl (C=O) groups excluding carboxylic acids is 3. The maximum absolute atomic E-state index is 13.0. The van der Waals surface area contributed by atoms with Crippen LogP contribution in [0.3, 0.4) is 0 Å². The van der Waals surface area contributed by atoms with E-state index in [-0.39, 0.29) is 36.8 Å². The summed E-state index contributed by atoms with van der Waals surface area (Å²) < 4.78 is 22.7. The Morgan fingerprint density at radius 1 is 0.950 bits per heavy atom. The molecule has 2 fully saturated rings. The van der Waals surface area contributed by atoms with E-state index >= 15 is 0 Å². The first-order valence-corrected chi connectivity index (χ1v) is 14.0. The number of hydrogen-bond acceptors (Lipinski definition) is 8. The summed E-state index contributed by atoms with van der Waals surface area (Å²) in [7, 11) is 0. The third-order valence-corrected chi connectivity index (χ3v) is 7.38. The maximum Gasteiger partial charge on any atom is 0.293 e. The third kappa shape index (κ3) is 6.40. The van der Waals surface area contributed by atoms with E-state index < -0.39 is 0 Å². The van der Waals surface area contributed by atoms with Crippen LogP contribution in [0.2, 0.25) is 0 Å². The molecule has 0 bridgehead atoms. The van der Waals surface area contributed by atoms with Crippen molar-refractivity contribution in [3.63, 3.8) is 0 Å². The van der Waals surface area contributed by atoms with E-state index in [1.54, 1.807) is 29.2 Å². The number of amides is 3. The molecule has 3 aromatic carbocycles. The molecular weight excluding hydrogens is 532 g/mol. The highest BCUT2D eigenvalue weighted by molar-refractivity contribution is 8.18. The lowest BCUT2D eigenvalue weighted by atomic mass is 10.1. The van der Waals surface area contributed by atoms with Gasteiger partial charge in [0, 0.05) is 18.5 Å².